The van der Waals surface area contributed by atoms with Crippen LogP contribution in [0.1, 0.15) is 35.6 Å². The van der Waals surface area contributed by atoms with Gasteiger partial charge < -0.3 is 24.7 Å². The van der Waals surface area contributed by atoms with Gasteiger partial charge in [0.25, 0.3) is 11.8 Å². The highest BCUT2D eigenvalue weighted by atomic mass is 79.9. The van der Waals surface area contributed by atoms with Crippen molar-refractivity contribution in [3.05, 3.63) is 130 Å². The third-order valence-corrected chi connectivity index (χ3v) is 10.2. The summed E-state index contributed by atoms with van der Waals surface area (Å²) < 4.78 is 6.31. The van der Waals surface area contributed by atoms with E-state index in [0.29, 0.717) is 41.3 Å². The molecule has 4 aromatic carbocycles. The first-order valence-corrected chi connectivity index (χ1v) is 17.1. The van der Waals surface area contributed by atoms with Crippen LogP contribution >= 0.6 is 15.9 Å². The lowest BCUT2D eigenvalue weighted by atomic mass is 9.83. The zero-order chi connectivity index (χ0) is 34.3. The summed E-state index contributed by atoms with van der Waals surface area (Å²) in [7, 11) is 0. The first-order valence-electron chi connectivity index (χ1n) is 16.3. The van der Waals surface area contributed by atoms with Crippen molar-refractivity contribution in [1.82, 2.24) is 4.90 Å². The molecule has 3 aliphatic heterocycles. The molecule has 0 saturated carbocycles. The van der Waals surface area contributed by atoms with Crippen molar-refractivity contribution in [2.75, 3.05) is 23.0 Å². The molecule has 0 spiro atoms. The van der Waals surface area contributed by atoms with Crippen molar-refractivity contribution in [2.24, 2.45) is 5.92 Å². The van der Waals surface area contributed by atoms with Crippen LogP contribution in [0.15, 0.2) is 108 Å². The molecule has 0 saturated heterocycles. The Morgan fingerprint density at radius 1 is 1.00 bits per heavy atom. The van der Waals surface area contributed by atoms with Gasteiger partial charge in [0, 0.05) is 34.6 Å². The molecular formula is C39H36BrN3O6. The van der Waals surface area contributed by atoms with E-state index in [9.17, 15) is 24.6 Å². The summed E-state index contributed by atoms with van der Waals surface area (Å²) in [6, 6.07) is 27.9. The van der Waals surface area contributed by atoms with Crippen molar-refractivity contribution in [3.63, 3.8) is 0 Å². The summed E-state index contributed by atoms with van der Waals surface area (Å²) >= 11 is 3.50. The van der Waals surface area contributed by atoms with Crippen LogP contribution in [-0.4, -0.2) is 52.1 Å². The largest absolute Gasteiger partial charge is 0.482 e. The highest BCUT2D eigenvalue weighted by molar-refractivity contribution is 9.10. The first kappa shape index (κ1) is 32.8. The second-order valence-electron chi connectivity index (χ2n) is 12.7. The number of aliphatic hydroxyl groups is 2. The summed E-state index contributed by atoms with van der Waals surface area (Å²) in [5, 5.41) is 22.2. The van der Waals surface area contributed by atoms with Gasteiger partial charge in [0.15, 0.2) is 12.2 Å². The second-order valence-corrected chi connectivity index (χ2v) is 13.6. The highest BCUT2D eigenvalue weighted by Gasteiger charge is 2.52. The van der Waals surface area contributed by atoms with Gasteiger partial charge in [-0.1, -0.05) is 83.5 Å². The number of benzene rings is 4. The minimum Gasteiger partial charge on any atom is -0.482 e. The van der Waals surface area contributed by atoms with Crippen LogP contribution in [0.3, 0.4) is 0 Å². The van der Waals surface area contributed by atoms with Gasteiger partial charge >= 0.3 is 0 Å². The van der Waals surface area contributed by atoms with Crippen LogP contribution in [0, 0.1) is 5.92 Å². The number of aliphatic hydroxyl groups excluding tert-OH is 1. The molecule has 9 nitrogen and oxygen atoms in total. The number of amides is 3. The number of hydrogen-bond acceptors (Lipinski definition) is 6. The van der Waals surface area contributed by atoms with Crippen molar-refractivity contribution < 1.29 is 29.3 Å². The number of nitrogens with zero attached hydrogens (tertiary/aromatic N) is 3. The number of hydrogen-bond donors (Lipinski definition) is 2. The Labute approximate surface area is 293 Å². The van der Waals surface area contributed by atoms with E-state index in [2.05, 4.69) is 15.9 Å². The van der Waals surface area contributed by atoms with E-state index in [4.69, 9.17) is 4.74 Å². The molecule has 49 heavy (non-hydrogen) atoms. The van der Waals surface area contributed by atoms with Crippen molar-refractivity contribution in [2.45, 2.75) is 44.5 Å². The van der Waals surface area contributed by atoms with Gasteiger partial charge in [0.1, 0.15) is 5.75 Å². The Kier molecular flexibility index (Phi) is 8.87. The Balaban J connectivity index is 1.08. The number of carbonyl (C=O) groups is 3. The summed E-state index contributed by atoms with van der Waals surface area (Å²) in [6.45, 7) is 2.23. The van der Waals surface area contributed by atoms with Gasteiger partial charge in [0.05, 0.1) is 30.6 Å². The molecule has 4 aromatic rings. The van der Waals surface area contributed by atoms with Crippen LogP contribution in [0.25, 0.3) is 0 Å². The fourth-order valence-electron chi connectivity index (χ4n) is 7.07. The van der Waals surface area contributed by atoms with E-state index >= 15 is 0 Å². The van der Waals surface area contributed by atoms with E-state index in [1.165, 1.54) is 0 Å². The predicted molar refractivity (Wildman–Crippen MR) is 189 cm³/mol. The molecule has 250 valence electrons. The van der Waals surface area contributed by atoms with Crippen LogP contribution < -0.4 is 14.5 Å². The summed E-state index contributed by atoms with van der Waals surface area (Å²) in [5.74, 6) is -0.786. The molecule has 0 radical (unpaired) electrons. The molecule has 3 amide bonds. The summed E-state index contributed by atoms with van der Waals surface area (Å²) in [6.07, 6.45) is 4.10. The highest BCUT2D eigenvalue weighted by Crippen LogP contribution is 2.47. The van der Waals surface area contributed by atoms with Crippen molar-refractivity contribution in [1.29, 1.82) is 0 Å². The Morgan fingerprint density at radius 2 is 1.73 bits per heavy atom. The van der Waals surface area contributed by atoms with Gasteiger partial charge in [-0.05, 0) is 65.6 Å². The maximum absolute atomic E-state index is 14.1. The molecule has 10 heteroatoms. The summed E-state index contributed by atoms with van der Waals surface area (Å²) in [5.41, 5.74) is 3.61. The third kappa shape index (κ3) is 5.94. The molecular weight excluding hydrogens is 686 g/mol. The fourth-order valence-corrected chi connectivity index (χ4v) is 7.43. The number of carbonyl (C=O) groups excluding carboxylic acids is 3. The van der Waals surface area contributed by atoms with Crippen LogP contribution in [0.4, 0.5) is 17.1 Å². The molecule has 0 unspecified atom stereocenters. The zero-order valence-electron chi connectivity index (χ0n) is 27.0. The van der Waals surface area contributed by atoms with Crippen molar-refractivity contribution >= 4 is 50.7 Å². The summed E-state index contributed by atoms with van der Waals surface area (Å²) in [4.78, 5) is 45.2. The lowest BCUT2D eigenvalue weighted by Crippen LogP contribution is -2.46. The Hall–Kier alpha value is -4.77. The minimum atomic E-state index is -1.86. The van der Waals surface area contributed by atoms with Gasteiger partial charge in [-0.2, -0.15) is 0 Å². The quantitative estimate of drug-likeness (QED) is 0.224. The monoisotopic (exact) mass is 721 g/mol. The van der Waals surface area contributed by atoms with Crippen molar-refractivity contribution in [3.8, 4) is 5.75 Å². The predicted octanol–water partition coefficient (Wildman–Crippen LogP) is 5.77. The minimum absolute atomic E-state index is 0.0529. The SMILES string of the molecule is C[C@@H](/C=C/CC(=O)N1Cc2ccccc2C[C@H]1CO)[C@]1(O)C(=O)N(Cc2ccc(N3C(=O)COc4ccccc43)cc2)c2ccc(Br)cc21. The lowest BCUT2D eigenvalue weighted by Gasteiger charge is -2.36. The molecule has 3 atom stereocenters. The number of rotatable bonds is 8. The van der Waals surface area contributed by atoms with Gasteiger partial charge in [-0.15, -0.1) is 0 Å². The third-order valence-electron chi connectivity index (χ3n) is 9.74. The fraction of sp³-hybridized carbons (Fsp3) is 0.256. The van der Waals surface area contributed by atoms with Gasteiger partial charge in [-0.25, -0.2) is 0 Å². The Bertz CT molecular complexity index is 1960. The molecule has 0 aliphatic carbocycles. The number of fused-ring (bicyclic) bond motifs is 3. The lowest BCUT2D eigenvalue weighted by molar-refractivity contribution is -0.139. The topological polar surface area (TPSA) is 111 Å². The average molecular weight is 723 g/mol. The number of para-hydroxylation sites is 2. The van der Waals surface area contributed by atoms with Gasteiger partial charge in [0.2, 0.25) is 5.91 Å². The van der Waals surface area contributed by atoms with Gasteiger partial charge in [-0.3, -0.25) is 19.3 Å². The van der Waals surface area contributed by atoms with E-state index in [1.54, 1.807) is 39.8 Å². The second kappa shape index (κ2) is 13.3. The zero-order valence-corrected chi connectivity index (χ0v) is 28.5. The smallest absolute Gasteiger partial charge is 0.269 e. The molecule has 2 N–H and O–H groups in total. The number of ether oxygens (including phenoxy) is 1. The van der Waals surface area contributed by atoms with Crippen LogP contribution in [0.2, 0.25) is 0 Å². The number of anilines is 3. The van der Waals surface area contributed by atoms with E-state index in [1.807, 2.05) is 84.9 Å². The molecule has 0 aromatic heterocycles. The molecule has 3 aliphatic rings. The number of halogens is 1. The average Bonchev–Trinajstić information content (AvgIpc) is 3.33. The molecule has 7 rings (SSSR count). The van der Waals surface area contributed by atoms with E-state index in [0.717, 1.165) is 21.2 Å². The van der Waals surface area contributed by atoms with Crippen LogP contribution in [-0.2, 0) is 39.5 Å². The van der Waals surface area contributed by atoms with Crippen LogP contribution in [0.5, 0.6) is 5.75 Å². The maximum atomic E-state index is 14.1. The Morgan fingerprint density at radius 3 is 2.51 bits per heavy atom. The van der Waals surface area contributed by atoms with E-state index < -0.39 is 17.4 Å². The first-order chi connectivity index (χ1) is 23.7. The normalized spacial score (nSPS) is 20.6. The maximum Gasteiger partial charge on any atom is 0.269 e. The standard InChI is InChI=1S/C39H36BrN3O6/c1-25(7-6-12-36(45)41-22-28-9-3-2-8-27(28)19-31(41)23-44)39(48)32-20-29(40)15-18-33(32)42(38(39)47)21-26-13-16-30(17-14-26)43-34-10-4-5-11-35(34)49-24-37(43)46/h2-11,13-18,20,25,31,44,48H,12,19,21-24H2,1H3/b7-6+/t25-,31-,39+/m0/s1. The molecule has 0 bridgehead atoms. The molecule has 0 fully saturated rings. The van der Waals surface area contributed by atoms with E-state index in [-0.39, 0.29) is 44.0 Å². The molecule has 3 heterocycles.